The van der Waals surface area contributed by atoms with Crippen LogP contribution in [0.2, 0.25) is 0 Å². The van der Waals surface area contributed by atoms with E-state index in [9.17, 15) is 18.0 Å². The zero-order valence-corrected chi connectivity index (χ0v) is 19.1. The van der Waals surface area contributed by atoms with E-state index in [-0.39, 0.29) is 18.4 Å². The van der Waals surface area contributed by atoms with Crippen molar-refractivity contribution in [1.82, 2.24) is 5.32 Å². The number of hydrogen-bond acceptors (Lipinski definition) is 5. The first-order chi connectivity index (χ1) is 15.3. The van der Waals surface area contributed by atoms with Crippen LogP contribution in [0.15, 0.2) is 54.6 Å². The number of amides is 2. The Morgan fingerprint density at radius 3 is 2.44 bits per heavy atom. The predicted octanol–water partition coefficient (Wildman–Crippen LogP) is 2.78. The zero-order valence-electron chi connectivity index (χ0n) is 18.3. The van der Waals surface area contributed by atoms with E-state index in [0.717, 1.165) is 23.4 Å². The van der Waals surface area contributed by atoms with Crippen molar-refractivity contribution in [2.45, 2.75) is 38.3 Å². The third kappa shape index (κ3) is 5.86. The number of benzene rings is 2. The van der Waals surface area contributed by atoms with E-state index in [1.54, 1.807) is 61.5 Å². The van der Waals surface area contributed by atoms with Gasteiger partial charge >= 0.3 is 0 Å². The quantitative estimate of drug-likeness (QED) is 0.600. The molecule has 0 bridgehead atoms. The summed E-state index contributed by atoms with van der Waals surface area (Å²) in [5, 5.41) is 5.60. The molecule has 1 heterocycles. The Morgan fingerprint density at radius 1 is 1.12 bits per heavy atom. The number of carbonyl (C=O) groups is 2. The second-order valence-corrected chi connectivity index (χ2v) is 9.56. The van der Waals surface area contributed by atoms with Crippen LogP contribution in [0.25, 0.3) is 0 Å². The Balaban J connectivity index is 1.79. The Hall–Kier alpha value is -2.91. The van der Waals surface area contributed by atoms with Crippen LogP contribution in [0.5, 0.6) is 0 Å². The average molecular weight is 460 g/mol. The Kier molecular flexibility index (Phi) is 7.87. The van der Waals surface area contributed by atoms with Gasteiger partial charge in [0.15, 0.2) is 0 Å². The summed E-state index contributed by atoms with van der Waals surface area (Å²) in [7, 11) is -3.73. The van der Waals surface area contributed by atoms with Crippen LogP contribution in [-0.2, 0) is 19.6 Å². The molecule has 0 spiro atoms. The molecule has 0 saturated carbocycles. The summed E-state index contributed by atoms with van der Waals surface area (Å²) in [5.41, 5.74) is 1.03. The summed E-state index contributed by atoms with van der Waals surface area (Å²) in [6, 6.07) is 14.2. The third-order valence-corrected chi connectivity index (χ3v) is 6.46. The number of sulfonamides is 1. The molecule has 8 nitrogen and oxygen atoms in total. The monoisotopic (exact) mass is 459 g/mol. The summed E-state index contributed by atoms with van der Waals surface area (Å²) in [6.45, 7) is 2.84. The average Bonchev–Trinajstić information content (AvgIpc) is 3.29. The number of carbonyl (C=O) groups excluding carboxylic acids is 2. The fraction of sp³-hybridized carbons (Fsp3) is 0.391. The van der Waals surface area contributed by atoms with Crippen LogP contribution in [0.1, 0.15) is 36.5 Å². The molecule has 2 aromatic rings. The van der Waals surface area contributed by atoms with E-state index >= 15 is 0 Å². The Labute approximate surface area is 189 Å². The van der Waals surface area contributed by atoms with Gasteiger partial charge in [0, 0.05) is 13.2 Å². The lowest BCUT2D eigenvalue weighted by Crippen LogP contribution is -2.47. The summed E-state index contributed by atoms with van der Waals surface area (Å²) >= 11 is 0. The molecule has 1 aliphatic rings. The Bertz CT molecular complexity index is 1040. The van der Waals surface area contributed by atoms with Crippen LogP contribution in [0.4, 0.5) is 11.4 Å². The fourth-order valence-electron chi connectivity index (χ4n) is 3.75. The van der Waals surface area contributed by atoms with Gasteiger partial charge in [-0.05, 0) is 43.5 Å². The number of ether oxygens (including phenoxy) is 1. The fourth-order valence-corrected chi connectivity index (χ4v) is 4.96. The van der Waals surface area contributed by atoms with E-state index in [4.69, 9.17) is 4.74 Å². The van der Waals surface area contributed by atoms with Crippen molar-refractivity contribution in [3.63, 3.8) is 0 Å². The van der Waals surface area contributed by atoms with Crippen molar-refractivity contribution >= 4 is 33.2 Å². The molecule has 172 valence electrons. The van der Waals surface area contributed by atoms with Gasteiger partial charge in [-0.3, -0.25) is 13.9 Å². The largest absolute Gasteiger partial charge is 0.376 e. The van der Waals surface area contributed by atoms with Gasteiger partial charge in [-0.1, -0.05) is 37.3 Å². The summed E-state index contributed by atoms with van der Waals surface area (Å²) in [5.74, 6) is -0.839. The first kappa shape index (κ1) is 23.7. The van der Waals surface area contributed by atoms with Crippen LogP contribution >= 0.6 is 0 Å². The highest BCUT2D eigenvalue weighted by Gasteiger charge is 2.32. The SMILES string of the molecule is CC[C@H](C(=O)Nc1ccccc1C(=O)NC[C@H]1CCCO1)N(c1ccccc1)S(C)(=O)=O. The molecule has 0 unspecified atom stereocenters. The van der Waals surface area contributed by atoms with Gasteiger partial charge < -0.3 is 15.4 Å². The third-order valence-electron chi connectivity index (χ3n) is 5.28. The number of rotatable bonds is 9. The van der Waals surface area contributed by atoms with E-state index in [2.05, 4.69) is 10.6 Å². The summed E-state index contributed by atoms with van der Waals surface area (Å²) in [6.07, 6.45) is 3.20. The standard InChI is InChI=1S/C23H29N3O5S/c1-3-21(26(32(2,29)30)17-10-5-4-6-11-17)23(28)25-20-14-8-7-13-19(20)22(27)24-16-18-12-9-15-31-18/h4-8,10-11,13-14,18,21H,3,9,12,15-16H2,1-2H3,(H,24,27)(H,25,28)/t18-,21-/m1/s1. The van der Waals surface area contributed by atoms with Gasteiger partial charge in [-0.15, -0.1) is 0 Å². The molecule has 2 aromatic carbocycles. The first-order valence-electron chi connectivity index (χ1n) is 10.7. The molecule has 0 aromatic heterocycles. The molecule has 1 saturated heterocycles. The van der Waals surface area contributed by atoms with Crippen molar-refractivity contribution in [3.05, 3.63) is 60.2 Å². The summed E-state index contributed by atoms with van der Waals surface area (Å²) in [4.78, 5) is 25.9. The molecule has 3 rings (SSSR count). The van der Waals surface area contributed by atoms with Gasteiger partial charge in [-0.25, -0.2) is 8.42 Å². The molecule has 2 atom stereocenters. The molecule has 0 aliphatic carbocycles. The van der Waals surface area contributed by atoms with E-state index < -0.39 is 22.0 Å². The molecule has 0 radical (unpaired) electrons. The lowest BCUT2D eigenvalue weighted by molar-refractivity contribution is -0.117. The van der Waals surface area contributed by atoms with Crippen LogP contribution in [0.3, 0.4) is 0 Å². The minimum atomic E-state index is -3.73. The highest BCUT2D eigenvalue weighted by atomic mass is 32.2. The first-order valence-corrected chi connectivity index (χ1v) is 12.5. The van der Waals surface area contributed by atoms with Crippen LogP contribution < -0.4 is 14.9 Å². The van der Waals surface area contributed by atoms with Crippen molar-refractivity contribution in [1.29, 1.82) is 0 Å². The number of nitrogens with zero attached hydrogens (tertiary/aromatic N) is 1. The van der Waals surface area contributed by atoms with Crippen LogP contribution in [0, 0.1) is 0 Å². The zero-order chi connectivity index (χ0) is 23.1. The number of para-hydroxylation sites is 2. The lowest BCUT2D eigenvalue weighted by Gasteiger charge is -2.30. The molecule has 2 amide bonds. The Morgan fingerprint density at radius 2 is 1.81 bits per heavy atom. The maximum atomic E-state index is 13.2. The highest BCUT2D eigenvalue weighted by molar-refractivity contribution is 7.92. The van der Waals surface area contributed by atoms with E-state index in [1.165, 1.54) is 0 Å². The van der Waals surface area contributed by atoms with E-state index in [1.807, 2.05) is 0 Å². The molecular weight excluding hydrogens is 430 g/mol. The number of anilines is 2. The van der Waals surface area contributed by atoms with Crippen molar-refractivity contribution in [3.8, 4) is 0 Å². The lowest BCUT2D eigenvalue weighted by atomic mass is 10.1. The maximum absolute atomic E-state index is 13.2. The highest BCUT2D eigenvalue weighted by Crippen LogP contribution is 2.24. The van der Waals surface area contributed by atoms with Gasteiger partial charge in [0.25, 0.3) is 5.91 Å². The minimum absolute atomic E-state index is 0.000586. The van der Waals surface area contributed by atoms with Gasteiger partial charge in [-0.2, -0.15) is 0 Å². The topological polar surface area (TPSA) is 105 Å². The molecule has 9 heteroatoms. The predicted molar refractivity (Wildman–Crippen MR) is 124 cm³/mol. The van der Waals surface area contributed by atoms with Crippen molar-refractivity contribution < 1.29 is 22.7 Å². The molecule has 2 N–H and O–H groups in total. The molecule has 32 heavy (non-hydrogen) atoms. The maximum Gasteiger partial charge on any atom is 0.253 e. The van der Waals surface area contributed by atoms with Gasteiger partial charge in [0.05, 0.1) is 29.3 Å². The molecular formula is C23H29N3O5S. The van der Waals surface area contributed by atoms with Crippen molar-refractivity contribution in [2.24, 2.45) is 0 Å². The number of hydrogen-bond donors (Lipinski definition) is 2. The van der Waals surface area contributed by atoms with Gasteiger partial charge in [0.2, 0.25) is 15.9 Å². The number of nitrogens with one attached hydrogen (secondary N) is 2. The van der Waals surface area contributed by atoms with E-state index in [0.29, 0.717) is 30.1 Å². The molecule has 1 aliphatic heterocycles. The normalized spacial score (nSPS) is 16.9. The smallest absolute Gasteiger partial charge is 0.253 e. The second-order valence-electron chi connectivity index (χ2n) is 7.70. The van der Waals surface area contributed by atoms with Crippen molar-refractivity contribution in [2.75, 3.05) is 29.0 Å². The summed E-state index contributed by atoms with van der Waals surface area (Å²) < 4.78 is 31.7. The van der Waals surface area contributed by atoms with Gasteiger partial charge in [0.1, 0.15) is 6.04 Å². The second kappa shape index (κ2) is 10.6. The minimum Gasteiger partial charge on any atom is -0.376 e. The molecule has 1 fully saturated rings. The van der Waals surface area contributed by atoms with Crippen LogP contribution in [-0.4, -0.2) is 51.8 Å².